The molecule has 1 fully saturated rings. The van der Waals surface area contributed by atoms with Crippen LogP contribution in [0.15, 0.2) is 60.9 Å². The van der Waals surface area contributed by atoms with E-state index >= 15 is 0 Å². The van der Waals surface area contributed by atoms with Gasteiger partial charge in [0.05, 0.1) is 5.41 Å². The fourth-order valence-electron chi connectivity index (χ4n) is 5.26. The lowest BCUT2D eigenvalue weighted by Gasteiger charge is -2.43. The van der Waals surface area contributed by atoms with Gasteiger partial charge in [-0.2, -0.15) is 0 Å². The second-order valence-corrected chi connectivity index (χ2v) is 9.83. The fraction of sp³-hybridized carbons (Fsp3) is 0.464. The number of carbonyl (C=O) groups is 2. The third kappa shape index (κ3) is 5.35. The molecule has 5 heteroatoms. The highest BCUT2D eigenvalue weighted by molar-refractivity contribution is 5.86. The van der Waals surface area contributed by atoms with Crippen LogP contribution in [0.25, 0.3) is 11.1 Å². The number of rotatable bonds is 6. The molecule has 5 nitrogen and oxygen atoms in total. The van der Waals surface area contributed by atoms with Crippen molar-refractivity contribution in [1.29, 1.82) is 0 Å². The summed E-state index contributed by atoms with van der Waals surface area (Å²) >= 11 is 0. The molecule has 1 aliphatic heterocycles. The van der Waals surface area contributed by atoms with E-state index in [0.29, 0.717) is 13.0 Å². The first-order valence-electron chi connectivity index (χ1n) is 12.2. The minimum atomic E-state index is -0.638. The molecule has 1 saturated heterocycles. The van der Waals surface area contributed by atoms with Gasteiger partial charge in [-0.25, -0.2) is 0 Å². The minimum Gasteiger partial charge on any atom is -0.353 e. The van der Waals surface area contributed by atoms with Crippen LogP contribution in [0.4, 0.5) is 0 Å². The molecule has 0 unspecified atom stereocenters. The van der Waals surface area contributed by atoms with Gasteiger partial charge in [-0.1, -0.05) is 42.5 Å². The van der Waals surface area contributed by atoms with E-state index in [4.69, 9.17) is 0 Å². The van der Waals surface area contributed by atoms with Crippen molar-refractivity contribution >= 4 is 11.8 Å². The van der Waals surface area contributed by atoms with Gasteiger partial charge >= 0.3 is 0 Å². The van der Waals surface area contributed by atoms with Crippen molar-refractivity contribution < 1.29 is 9.59 Å². The lowest BCUT2D eigenvalue weighted by molar-refractivity contribution is -0.144. The second kappa shape index (κ2) is 10.3. The Kier molecular flexibility index (Phi) is 7.26. The van der Waals surface area contributed by atoms with Gasteiger partial charge in [0.1, 0.15) is 0 Å². The van der Waals surface area contributed by atoms with E-state index in [-0.39, 0.29) is 23.8 Å². The lowest BCUT2D eigenvalue weighted by atomic mass is 9.72. The maximum atomic E-state index is 13.7. The molecule has 1 aliphatic carbocycles. The summed E-state index contributed by atoms with van der Waals surface area (Å²) in [6.07, 6.45) is 12.8. The van der Waals surface area contributed by atoms with Crippen molar-refractivity contribution in [2.45, 2.75) is 58.4 Å². The van der Waals surface area contributed by atoms with Gasteiger partial charge < -0.3 is 10.2 Å². The molecule has 2 aromatic rings. The predicted octanol–water partition coefficient (Wildman–Crippen LogP) is 4.78. The summed E-state index contributed by atoms with van der Waals surface area (Å²) in [5.41, 5.74) is 2.63. The van der Waals surface area contributed by atoms with Crippen molar-refractivity contribution in [2.24, 2.45) is 11.3 Å². The van der Waals surface area contributed by atoms with Crippen LogP contribution in [0, 0.1) is 11.3 Å². The zero-order valence-corrected chi connectivity index (χ0v) is 19.8. The van der Waals surface area contributed by atoms with Crippen LogP contribution in [0.2, 0.25) is 0 Å². The summed E-state index contributed by atoms with van der Waals surface area (Å²) in [7, 11) is 0. The van der Waals surface area contributed by atoms with Gasteiger partial charge in [-0.05, 0) is 69.6 Å². The zero-order valence-electron chi connectivity index (χ0n) is 19.8. The Labute approximate surface area is 197 Å². The van der Waals surface area contributed by atoms with Gasteiger partial charge in [0, 0.05) is 43.0 Å². The molecule has 1 aromatic heterocycles. The molecule has 2 atom stereocenters. The van der Waals surface area contributed by atoms with E-state index in [1.165, 1.54) is 0 Å². The molecule has 2 amide bonds. The Balaban J connectivity index is 1.65. The standard InChI is InChI=1S/C28H35N3O2/c1-21(2)30-27(33)28(15-9-17-31(20-28)26(32)22-10-4-3-5-11-22)18-23-12-6-7-14-25(23)24-13-8-16-29-19-24/h3-4,6-8,12-14,16,19,21-22H,5,9-11,15,17-18,20H2,1-2H3,(H,30,33)/t22-,28+/m1/s1. The molecule has 174 valence electrons. The quantitative estimate of drug-likeness (QED) is 0.651. The summed E-state index contributed by atoms with van der Waals surface area (Å²) in [6.45, 7) is 5.20. The molecule has 0 saturated carbocycles. The lowest BCUT2D eigenvalue weighted by Crippen LogP contribution is -2.56. The van der Waals surface area contributed by atoms with E-state index < -0.39 is 5.41 Å². The predicted molar refractivity (Wildman–Crippen MR) is 131 cm³/mol. The molecule has 1 N–H and O–H groups in total. The number of nitrogens with one attached hydrogen (secondary N) is 1. The molecule has 2 aliphatic rings. The third-order valence-electron chi connectivity index (χ3n) is 6.93. The van der Waals surface area contributed by atoms with E-state index in [1.807, 2.05) is 43.1 Å². The first-order chi connectivity index (χ1) is 16.0. The molecule has 4 rings (SSSR count). The van der Waals surface area contributed by atoms with E-state index in [2.05, 4.69) is 40.7 Å². The van der Waals surface area contributed by atoms with Crippen molar-refractivity contribution in [3.05, 3.63) is 66.5 Å². The Hall–Kier alpha value is -2.95. The van der Waals surface area contributed by atoms with E-state index in [1.54, 1.807) is 6.20 Å². The fourth-order valence-corrected chi connectivity index (χ4v) is 5.26. The number of aromatic nitrogens is 1. The van der Waals surface area contributed by atoms with Crippen molar-refractivity contribution in [3.8, 4) is 11.1 Å². The largest absolute Gasteiger partial charge is 0.353 e. The normalized spacial score (nSPS) is 22.9. The number of pyridine rings is 1. The number of piperidine rings is 1. The van der Waals surface area contributed by atoms with Crippen LogP contribution >= 0.6 is 0 Å². The summed E-state index contributed by atoms with van der Waals surface area (Å²) < 4.78 is 0. The van der Waals surface area contributed by atoms with Crippen molar-refractivity contribution in [1.82, 2.24) is 15.2 Å². The molecular formula is C28H35N3O2. The Morgan fingerprint density at radius 1 is 1.18 bits per heavy atom. The van der Waals surface area contributed by atoms with Gasteiger partial charge in [0.2, 0.25) is 11.8 Å². The average molecular weight is 446 g/mol. The van der Waals surface area contributed by atoms with Crippen LogP contribution in [0.5, 0.6) is 0 Å². The minimum absolute atomic E-state index is 0.0432. The first-order valence-corrected chi connectivity index (χ1v) is 12.2. The zero-order chi connectivity index (χ0) is 23.3. The summed E-state index contributed by atoms with van der Waals surface area (Å²) in [6, 6.07) is 12.3. The van der Waals surface area contributed by atoms with Crippen LogP contribution < -0.4 is 5.32 Å². The Morgan fingerprint density at radius 2 is 2.03 bits per heavy atom. The van der Waals surface area contributed by atoms with Crippen LogP contribution in [-0.2, 0) is 16.0 Å². The second-order valence-electron chi connectivity index (χ2n) is 9.83. The molecule has 2 heterocycles. The van der Waals surface area contributed by atoms with Gasteiger partial charge in [-0.15, -0.1) is 0 Å². The molecule has 1 aromatic carbocycles. The summed E-state index contributed by atoms with van der Waals surface area (Å²) in [4.78, 5) is 33.3. The average Bonchev–Trinajstić information content (AvgIpc) is 2.85. The van der Waals surface area contributed by atoms with E-state index in [0.717, 1.165) is 55.3 Å². The SMILES string of the molecule is CC(C)NC(=O)[C@]1(Cc2ccccc2-c2cccnc2)CCCN(C(=O)[C@@H]2CC=CCC2)C1. The summed E-state index contributed by atoms with van der Waals surface area (Å²) in [5.74, 6) is 0.308. The van der Waals surface area contributed by atoms with Gasteiger partial charge in [0.15, 0.2) is 0 Å². The Morgan fingerprint density at radius 3 is 2.76 bits per heavy atom. The van der Waals surface area contributed by atoms with E-state index in [9.17, 15) is 9.59 Å². The van der Waals surface area contributed by atoms with Gasteiger partial charge in [0.25, 0.3) is 0 Å². The smallest absolute Gasteiger partial charge is 0.228 e. The molecular weight excluding hydrogens is 410 g/mol. The maximum absolute atomic E-state index is 13.7. The monoisotopic (exact) mass is 445 g/mol. The molecule has 33 heavy (non-hydrogen) atoms. The number of hydrogen-bond acceptors (Lipinski definition) is 3. The number of hydrogen-bond donors (Lipinski definition) is 1. The molecule has 0 radical (unpaired) electrons. The topological polar surface area (TPSA) is 62.3 Å². The van der Waals surface area contributed by atoms with Crippen LogP contribution in [-0.4, -0.2) is 40.8 Å². The van der Waals surface area contributed by atoms with Crippen molar-refractivity contribution in [2.75, 3.05) is 13.1 Å². The number of nitrogens with zero attached hydrogens (tertiary/aromatic N) is 2. The number of likely N-dealkylation sites (tertiary alicyclic amines) is 1. The number of amides is 2. The Bertz CT molecular complexity index is 1000. The van der Waals surface area contributed by atoms with Crippen LogP contribution in [0.3, 0.4) is 0 Å². The highest BCUT2D eigenvalue weighted by Crippen LogP contribution is 2.38. The highest BCUT2D eigenvalue weighted by atomic mass is 16.2. The number of carbonyl (C=O) groups excluding carboxylic acids is 2. The summed E-state index contributed by atoms with van der Waals surface area (Å²) in [5, 5.41) is 3.17. The first kappa shape index (κ1) is 23.2. The third-order valence-corrected chi connectivity index (χ3v) is 6.93. The van der Waals surface area contributed by atoms with Crippen molar-refractivity contribution in [3.63, 3.8) is 0 Å². The molecule has 0 spiro atoms. The van der Waals surface area contributed by atoms with Gasteiger partial charge in [-0.3, -0.25) is 14.6 Å². The number of allylic oxidation sites excluding steroid dienone is 2. The molecule has 0 bridgehead atoms. The van der Waals surface area contributed by atoms with Crippen LogP contribution in [0.1, 0.15) is 51.5 Å². The maximum Gasteiger partial charge on any atom is 0.228 e. The number of benzene rings is 1. The highest BCUT2D eigenvalue weighted by Gasteiger charge is 2.44.